The van der Waals surface area contributed by atoms with Crippen LogP contribution in [0.2, 0.25) is 0 Å². The minimum absolute atomic E-state index is 0.105. The lowest BCUT2D eigenvalue weighted by atomic mass is 10.1. The number of amides is 4. The number of alkyl halides is 1. The van der Waals surface area contributed by atoms with Crippen LogP contribution in [0.1, 0.15) is 72.8 Å². The van der Waals surface area contributed by atoms with Crippen molar-refractivity contribution in [2.75, 3.05) is 23.9 Å². The third-order valence-corrected chi connectivity index (χ3v) is 9.19. The number of primary amides is 2. The Balaban J connectivity index is 1.24. The number of ether oxygens (including phenoxy) is 1. The molecule has 6 N–H and O–H groups in total. The maximum Gasteiger partial charge on any atom is 0.276 e. The summed E-state index contributed by atoms with van der Waals surface area (Å²) in [7, 11) is 0. The second-order valence-electron chi connectivity index (χ2n) is 13.4. The number of aryl methyl sites for hydroxylation is 4. The van der Waals surface area contributed by atoms with Crippen LogP contribution in [0.25, 0.3) is 22.2 Å². The van der Waals surface area contributed by atoms with Crippen LogP contribution in [0.4, 0.5) is 16.3 Å². The molecule has 0 bridgehead atoms. The number of imidazole rings is 2. The maximum absolute atomic E-state index is 13.6. The van der Waals surface area contributed by atoms with Crippen molar-refractivity contribution in [1.29, 1.82) is 0 Å². The van der Waals surface area contributed by atoms with E-state index in [-0.39, 0.29) is 48.4 Å². The van der Waals surface area contributed by atoms with E-state index in [0.29, 0.717) is 64.1 Å². The summed E-state index contributed by atoms with van der Waals surface area (Å²) in [6, 6.07) is 7.83. The number of fused-ring (bicyclic) bond motifs is 2. The molecule has 1 aromatic carbocycles. The zero-order valence-electron chi connectivity index (χ0n) is 31.0. The lowest BCUT2D eigenvalue weighted by Crippen LogP contribution is -2.20. The summed E-state index contributed by atoms with van der Waals surface area (Å²) in [4.78, 5) is 65.0. The van der Waals surface area contributed by atoms with E-state index in [1.165, 1.54) is 16.9 Å². The Bertz CT molecular complexity index is 2540. The van der Waals surface area contributed by atoms with Crippen molar-refractivity contribution in [1.82, 2.24) is 43.6 Å². The number of hydrogen-bond donors (Lipinski definition) is 4. The molecule has 0 atom stereocenters. The average Bonchev–Trinajstić information content (AvgIpc) is 3.46. The van der Waals surface area contributed by atoms with E-state index in [1.54, 1.807) is 58.0 Å². The Morgan fingerprint density at radius 2 is 1.43 bits per heavy atom. The Labute approximate surface area is 318 Å². The summed E-state index contributed by atoms with van der Waals surface area (Å²) in [6.07, 6.45) is 7.01. The van der Waals surface area contributed by atoms with Gasteiger partial charge in [0.2, 0.25) is 23.7 Å². The summed E-state index contributed by atoms with van der Waals surface area (Å²) in [6.45, 7) is 5.77. The monoisotopic (exact) mass is 765 g/mol. The quantitative estimate of drug-likeness (QED) is 0.105. The molecule has 5 aromatic heterocycles. The van der Waals surface area contributed by atoms with E-state index in [1.807, 2.05) is 13.0 Å². The Morgan fingerprint density at radius 3 is 2.05 bits per heavy atom. The Hall–Kier alpha value is -6.92. The first-order valence-electron chi connectivity index (χ1n) is 18.0. The first kappa shape index (κ1) is 37.4. The van der Waals surface area contributed by atoms with Crippen LogP contribution in [0.3, 0.4) is 0 Å². The highest BCUT2D eigenvalue weighted by Crippen LogP contribution is 2.34. The molecule has 6 aromatic rings. The average molecular weight is 766 g/mol. The molecule has 56 heavy (non-hydrogen) atoms. The van der Waals surface area contributed by atoms with Gasteiger partial charge in [-0.3, -0.25) is 43.7 Å². The topological polar surface area (TPSA) is 238 Å². The molecule has 0 radical (unpaired) electrons. The lowest BCUT2D eigenvalue weighted by Gasteiger charge is -2.13. The van der Waals surface area contributed by atoms with E-state index >= 15 is 0 Å². The number of aromatic nitrogens is 9. The van der Waals surface area contributed by atoms with Gasteiger partial charge in [0.15, 0.2) is 5.65 Å². The van der Waals surface area contributed by atoms with Crippen LogP contribution in [0.15, 0.2) is 48.7 Å². The second kappa shape index (κ2) is 15.4. The molecule has 0 saturated heterocycles. The van der Waals surface area contributed by atoms with Crippen molar-refractivity contribution in [3.05, 3.63) is 82.6 Å². The van der Waals surface area contributed by atoms with Gasteiger partial charge in [-0.05, 0) is 69.9 Å². The number of pyridine rings is 1. The van der Waals surface area contributed by atoms with Gasteiger partial charge >= 0.3 is 0 Å². The van der Waals surface area contributed by atoms with Gasteiger partial charge in [0, 0.05) is 31.4 Å². The third-order valence-electron chi connectivity index (χ3n) is 9.19. The largest absolute Gasteiger partial charge is 0.491 e. The summed E-state index contributed by atoms with van der Waals surface area (Å²) in [5, 5.41) is 14.3. The normalized spacial score (nSPS) is 12.9. The van der Waals surface area contributed by atoms with Crippen LogP contribution in [0, 0.1) is 19.8 Å². The van der Waals surface area contributed by atoms with Crippen molar-refractivity contribution in [2.24, 2.45) is 17.4 Å². The molecule has 0 aliphatic heterocycles. The van der Waals surface area contributed by atoms with Gasteiger partial charge in [0.05, 0.1) is 35.6 Å². The minimum Gasteiger partial charge on any atom is -0.491 e. The van der Waals surface area contributed by atoms with Crippen molar-refractivity contribution >= 4 is 57.7 Å². The van der Waals surface area contributed by atoms with E-state index < -0.39 is 30.3 Å². The highest BCUT2D eigenvalue weighted by atomic mass is 19.1. The number of benzene rings is 1. The van der Waals surface area contributed by atoms with Crippen LogP contribution in [-0.4, -0.2) is 80.6 Å². The number of carbonyl (C=O) groups excluding carboxylic acids is 4. The molecule has 290 valence electrons. The first-order valence-corrected chi connectivity index (χ1v) is 18.0. The fourth-order valence-corrected chi connectivity index (χ4v) is 6.30. The molecule has 19 heteroatoms. The van der Waals surface area contributed by atoms with Crippen LogP contribution in [0.5, 0.6) is 5.75 Å². The number of allylic oxidation sites excluding steroid dienone is 2. The van der Waals surface area contributed by atoms with Crippen molar-refractivity contribution in [2.45, 2.75) is 59.8 Å². The van der Waals surface area contributed by atoms with Crippen LogP contribution in [-0.2, 0) is 26.2 Å². The number of carbonyl (C=O) groups is 4. The number of nitrogens with zero attached hydrogens (tertiary/aromatic N) is 9. The fourth-order valence-electron chi connectivity index (χ4n) is 6.30. The molecule has 1 saturated carbocycles. The van der Waals surface area contributed by atoms with Gasteiger partial charge in [-0.25, -0.2) is 19.3 Å². The van der Waals surface area contributed by atoms with Gasteiger partial charge in [-0.1, -0.05) is 12.2 Å². The van der Waals surface area contributed by atoms with Crippen molar-refractivity contribution in [3.63, 3.8) is 0 Å². The smallest absolute Gasteiger partial charge is 0.276 e. The molecule has 18 nitrogen and oxygen atoms in total. The molecule has 7 rings (SSSR count). The SMILES string of the molecule is CCn1nc(C)cc1C(=O)Nc1nc2cc(C(N)=O)cc(OCC3CC3)c2n1C/C=C/Cn1c(NC(=O)c2cc(C)nn2CCF)nc2cc(C(N)=O)cnc21. The molecule has 5 heterocycles. The molecule has 4 amide bonds. The number of nitrogens with one attached hydrogen (secondary N) is 2. The van der Waals surface area contributed by atoms with Crippen molar-refractivity contribution < 1.29 is 28.3 Å². The molecule has 1 fully saturated rings. The molecule has 1 aliphatic rings. The Kier molecular flexibility index (Phi) is 10.3. The predicted molar refractivity (Wildman–Crippen MR) is 203 cm³/mol. The minimum atomic E-state index is -0.717. The van der Waals surface area contributed by atoms with Crippen LogP contribution < -0.4 is 26.8 Å². The second-order valence-corrected chi connectivity index (χ2v) is 13.4. The van der Waals surface area contributed by atoms with Crippen LogP contribution >= 0.6 is 0 Å². The van der Waals surface area contributed by atoms with E-state index in [4.69, 9.17) is 21.2 Å². The summed E-state index contributed by atoms with van der Waals surface area (Å²) < 4.78 is 25.7. The van der Waals surface area contributed by atoms with E-state index in [0.717, 1.165) is 12.8 Å². The van der Waals surface area contributed by atoms with Gasteiger partial charge in [0.1, 0.15) is 34.8 Å². The maximum atomic E-state index is 13.6. The number of nitrogens with two attached hydrogens (primary N) is 2. The summed E-state index contributed by atoms with van der Waals surface area (Å²) >= 11 is 0. The number of anilines is 2. The number of halogens is 1. The van der Waals surface area contributed by atoms with Gasteiger partial charge in [-0.15, -0.1) is 0 Å². The van der Waals surface area contributed by atoms with Gasteiger partial charge < -0.3 is 20.8 Å². The molecular formula is C37H40FN13O5. The summed E-state index contributed by atoms with van der Waals surface area (Å²) in [5.41, 5.74) is 14.8. The number of hydrogen-bond acceptors (Lipinski definition) is 10. The molecule has 1 aliphatic carbocycles. The van der Waals surface area contributed by atoms with Crippen molar-refractivity contribution in [3.8, 4) is 5.75 Å². The standard InChI is InChI=1S/C37H40FN13O5/c1-4-50-27(13-20(2)46-50)34(54)44-36-42-25-15-23(31(39)52)17-29(56-19-22-7-8-22)30(25)48(36)10-5-6-11-49-33-26(16-24(18-41-33)32(40)53)43-37(49)45-35(55)28-14-21(3)47-51(28)12-9-38/h5-6,13-18,22H,4,7-12,19H2,1-3H3,(H2,39,52)(H2,40,53)(H,42,44,54)(H,43,45,55)/b6-5+. The Morgan fingerprint density at radius 1 is 0.839 bits per heavy atom. The molecule has 0 spiro atoms. The highest BCUT2D eigenvalue weighted by Gasteiger charge is 2.26. The van der Waals surface area contributed by atoms with E-state index in [9.17, 15) is 23.6 Å². The highest BCUT2D eigenvalue weighted by molar-refractivity contribution is 6.05. The zero-order chi connectivity index (χ0) is 39.7. The third kappa shape index (κ3) is 7.68. The number of rotatable bonds is 16. The lowest BCUT2D eigenvalue weighted by molar-refractivity contribution is 0.0991. The van der Waals surface area contributed by atoms with Gasteiger partial charge in [-0.2, -0.15) is 10.2 Å². The fraction of sp³-hybridized carbons (Fsp3) is 0.324. The zero-order valence-corrected chi connectivity index (χ0v) is 31.0. The summed E-state index contributed by atoms with van der Waals surface area (Å²) in [5.74, 6) is -1.27. The predicted octanol–water partition coefficient (Wildman–Crippen LogP) is 3.53. The first-order chi connectivity index (χ1) is 26.9. The van der Waals surface area contributed by atoms with E-state index in [2.05, 4.69) is 30.8 Å². The van der Waals surface area contributed by atoms with Gasteiger partial charge in [0.25, 0.3) is 11.8 Å². The molecule has 0 unspecified atom stereocenters. The molecular weight excluding hydrogens is 725 g/mol.